The van der Waals surface area contributed by atoms with E-state index in [2.05, 4.69) is 4.52 Å². The lowest BCUT2D eigenvalue weighted by molar-refractivity contribution is 0.199. The Hall–Kier alpha value is -0.870. The standard InChI is InChI=1S/C16H27O5P/c1-15(2,3)12-9-11(7-8-21-22(18,19)20)10-13(14(12)17)16(4,5)6/h9-10,17H,7-8H2,1-6H3,(H2,18,19,20). The molecular formula is C16H27O5P. The van der Waals surface area contributed by atoms with E-state index in [4.69, 9.17) is 9.79 Å². The van der Waals surface area contributed by atoms with Crippen LogP contribution in [0.25, 0.3) is 0 Å². The van der Waals surface area contributed by atoms with Gasteiger partial charge in [0.25, 0.3) is 0 Å². The van der Waals surface area contributed by atoms with E-state index < -0.39 is 7.82 Å². The molecular weight excluding hydrogens is 303 g/mol. The highest BCUT2D eigenvalue weighted by atomic mass is 31.2. The Balaban J connectivity index is 3.21. The van der Waals surface area contributed by atoms with Crippen LogP contribution in [0.3, 0.4) is 0 Å². The smallest absolute Gasteiger partial charge is 0.469 e. The summed E-state index contributed by atoms with van der Waals surface area (Å²) in [5, 5.41) is 10.6. The van der Waals surface area contributed by atoms with E-state index in [1.165, 1.54) is 0 Å². The molecule has 0 fully saturated rings. The highest BCUT2D eigenvalue weighted by Gasteiger charge is 2.26. The number of phosphoric ester groups is 1. The normalized spacial score (nSPS) is 13.5. The highest BCUT2D eigenvalue weighted by Crippen LogP contribution is 2.40. The number of benzene rings is 1. The molecule has 6 heteroatoms. The topological polar surface area (TPSA) is 87.0 Å². The second-order valence-corrected chi connectivity index (χ2v) is 8.85. The van der Waals surface area contributed by atoms with Gasteiger partial charge in [-0.2, -0.15) is 0 Å². The zero-order chi connectivity index (χ0) is 17.3. The van der Waals surface area contributed by atoms with Crippen molar-refractivity contribution in [1.29, 1.82) is 0 Å². The van der Waals surface area contributed by atoms with E-state index in [-0.39, 0.29) is 17.4 Å². The minimum absolute atomic E-state index is 0.0672. The van der Waals surface area contributed by atoms with Gasteiger partial charge in [0.15, 0.2) is 0 Å². The number of rotatable bonds is 4. The van der Waals surface area contributed by atoms with Gasteiger partial charge in [-0.1, -0.05) is 53.7 Å². The first kappa shape index (κ1) is 19.2. The van der Waals surface area contributed by atoms with Crippen molar-refractivity contribution in [2.24, 2.45) is 0 Å². The van der Waals surface area contributed by atoms with Crippen LogP contribution in [-0.4, -0.2) is 21.5 Å². The predicted octanol–water partition coefficient (Wildman–Crippen LogP) is 3.64. The van der Waals surface area contributed by atoms with Crippen molar-refractivity contribution in [3.8, 4) is 5.75 Å². The zero-order valence-corrected chi connectivity index (χ0v) is 15.1. The van der Waals surface area contributed by atoms with E-state index >= 15 is 0 Å². The fraction of sp³-hybridized carbons (Fsp3) is 0.625. The maximum Gasteiger partial charge on any atom is 0.469 e. The molecule has 0 radical (unpaired) electrons. The SMILES string of the molecule is CC(C)(C)c1cc(CCOP(=O)(O)O)cc(C(C)(C)C)c1O. The van der Waals surface area contributed by atoms with Crippen LogP contribution in [0.5, 0.6) is 5.75 Å². The van der Waals surface area contributed by atoms with Gasteiger partial charge >= 0.3 is 7.82 Å². The molecule has 5 nitrogen and oxygen atoms in total. The summed E-state index contributed by atoms with van der Waals surface area (Å²) in [5.74, 6) is 0.291. The molecule has 1 aromatic carbocycles. The molecule has 0 saturated heterocycles. The van der Waals surface area contributed by atoms with Gasteiger partial charge in [-0.05, 0) is 33.9 Å². The summed E-state index contributed by atoms with van der Waals surface area (Å²) in [6.45, 7) is 12.0. The van der Waals surface area contributed by atoms with Gasteiger partial charge in [0, 0.05) is 0 Å². The van der Waals surface area contributed by atoms with Crippen LogP contribution >= 0.6 is 7.82 Å². The maximum atomic E-state index is 10.8. The Morgan fingerprint density at radius 1 is 1.00 bits per heavy atom. The van der Waals surface area contributed by atoms with Gasteiger partial charge in [-0.25, -0.2) is 4.57 Å². The van der Waals surface area contributed by atoms with Crippen molar-refractivity contribution < 1.29 is 24.0 Å². The minimum Gasteiger partial charge on any atom is -0.507 e. The Morgan fingerprint density at radius 3 is 1.73 bits per heavy atom. The first-order chi connectivity index (χ1) is 9.72. The van der Waals surface area contributed by atoms with Crippen LogP contribution in [0.15, 0.2) is 12.1 Å². The highest BCUT2D eigenvalue weighted by molar-refractivity contribution is 7.46. The molecule has 0 unspecified atom stereocenters. The summed E-state index contributed by atoms with van der Waals surface area (Å²) in [6, 6.07) is 3.77. The molecule has 0 heterocycles. The molecule has 1 rings (SSSR count). The Bertz CT molecular complexity index is 540. The van der Waals surface area contributed by atoms with Crippen molar-refractivity contribution in [1.82, 2.24) is 0 Å². The maximum absolute atomic E-state index is 10.8. The molecule has 0 atom stereocenters. The molecule has 126 valence electrons. The first-order valence-electron chi connectivity index (χ1n) is 7.29. The lowest BCUT2D eigenvalue weighted by Crippen LogP contribution is -2.18. The number of phenols is 1. The van der Waals surface area contributed by atoms with Crippen LogP contribution in [0.4, 0.5) is 0 Å². The molecule has 3 N–H and O–H groups in total. The lowest BCUT2D eigenvalue weighted by Gasteiger charge is -2.28. The van der Waals surface area contributed by atoms with Crippen molar-refractivity contribution in [3.63, 3.8) is 0 Å². The van der Waals surface area contributed by atoms with Crippen LogP contribution in [0.1, 0.15) is 58.2 Å². The minimum atomic E-state index is -4.45. The summed E-state index contributed by atoms with van der Waals surface area (Å²) in [7, 11) is -4.45. The average Bonchev–Trinajstić information content (AvgIpc) is 2.26. The predicted molar refractivity (Wildman–Crippen MR) is 87.2 cm³/mol. The summed E-state index contributed by atoms with van der Waals surface area (Å²) in [4.78, 5) is 17.5. The molecule has 0 amide bonds. The molecule has 0 aromatic heterocycles. The van der Waals surface area contributed by atoms with E-state index in [0.29, 0.717) is 12.2 Å². The summed E-state index contributed by atoms with van der Waals surface area (Å²) in [6.07, 6.45) is 0.373. The molecule has 0 aliphatic carbocycles. The van der Waals surface area contributed by atoms with Gasteiger partial charge in [0.05, 0.1) is 6.61 Å². The van der Waals surface area contributed by atoms with E-state index in [1.807, 2.05) is 53.7 Å². The third-order valence-corrected chi connectivity index (χ3v) is 3.95. The number of aromatic hydroxyl groups is 1. The molecule has 0 aliphatic heterocycles. The fourth-order valence-corrected chi connectivity index (χ4v) is 2.59. The van der Waals surface area contributed by atoms with Gasteiger partial charge in [-0.3, -0.25) is 4.52 Å². The van der Waals surface area contributed by atoms with Gasteiger partial charge in [0.1, 0.15) is 5.75 Å². The summed E-state index contributed by atoms with van der Waals surface area (Å²) < 4.78 is 15.3. The van der Waals surface area contributed by atoms with E-state index in [1.54, 1.807) is 0 Å². The molecule has 0 aliphatic rings. The summed E-state index contributed by atoms with van der Waals surface area (Å²) >= 11 is 0. The monoisotopic (exact) mass is 330 g/mol. The van der Waals surface area contributed by atoms with E-state index in [0.717, 1.165) is 16.7 Å². The molecule has 22 heavy (non-hydrogen) atoms. The van der Waals surface area contributed by atoms with Gasteiger partial charge in [-0.15, -0.1) is 0 Å². The van der Waals surface area contributed by atoms with Crippen LogP contribution in [0, 0.1) is 0 Å². The number of phenolic OH excluding ortho intramolecular Hbond substituents is 1. The van der Waals surface area contributed by atoms with Crippen LogP contribution < -0.4 is 0 Å². The van der Waals surface area contributed by atoms with Crippen molar-refractivity contribution in [2.75, 3.05) is 6.61 Å². The number of hydrogen-bond acceptors (Lipinski definition) is 3. The summed E-state index contributed by atoms with van der Waals surface area (Å²) in [5.41, 5.74) is 2.08. The molecule has 1 aromatic rings. The van der Waals surface area contributed by atoms with Crippen molar-refractivity contribution >= 4 is 7.82 Å². The van der Waals surface area contributed by atoms with Crippen molar-refractivity contribution in [3.05, 3.63) is 28.8 Å². The van der Waals surface area contributed by atoms with Crippen LogP contribution in [-0.2, 0) is 26.3 Å². The van der Waals surface area contributed by atoms with E-state index in [9.17, 15) is 9.67 Å². The van der Waals surface area contributed by atoms with Crippen LogP contribution in [0.2, 0.25) is 0 Å². The largest absolute Gasteiger partial charge is 0.507 e. The number of hydrogen-bond donors (Lipinski definition) is 3. The Kier molecular flexibility index (Phi) is 5.51. The zero-order valence-electron chi connectivity index (χ0n) is 14.2. The second-order valence-electron chi connectivity index (χ2n) is 7.61. The third-order valence-electron chi connectivity index (χ3n) is 3.44. The third kappa shape index (κ3) is 5.40. The first-order valence-corrected chi connectivity index (χ1v) is 8.82. The van der Waals surface area contributed by atoms with Crippen molar-refractivity contribution in [2.45, 2.75) is 58.8 Å². The fourth-order valence-electron chi connectivity index (χ4n) is 2.26. The lowest BCUT2D eigenvalue weighted by atomic mass is 9.78. The van der Waals surface area contributed by atoms with Gasteiger partial charge < -0.3 is 14.9 Å². The Morgan fingerprint density at radius 2 is 1.41 bits per heavy atom. The Labute approximate surface area is 132 Å². The molecule has 0 saturated carbocycles. The molecule has 0 bridgehead atoms. The average molecular weight is 330 g/mol. The molecule has 0 spiro atoms. The number of phosphoric acid groups is 1. The quantitative estimate of drug-likeness (QED) is 0.734. The van der Waals surface area contributed by atoms with Gasteiger partial charge in [0.2, 0.25) is 0 Å². The second kappa shape index (κ2) is 6.32.